The second-order valence-corrected chi connectivity index (χ2v) is 9.39. The van der Waals surface area contributed by atoms with Crippen molar-refractivity contribution in [2.24, 2.45) is 5.92 Å². The highest BCUT2D eigenvalue weighted by atomic mass is 32.1. The molecule has 0 unspecified atom stereocenters. The largest absolute Gasteiger partial charge is 0.457 e. The van der Waals surface area contributed by atoms with E-state index in [-0.39, 0.29) is 11.2 Å². The van der Waals surface area contributed by atoms with Gasteiger partial charge in [0.25, 0.3) is 5.91 Å². The summed E-state index contributed by atoms with van der Waals surface area (Å²) < 4.78 is 17.2. The van der Waals surface area contributed by atoms with Crippen LogP contribution < -0.4 is 15.4 Å². The molecule has 7 nitrogen and oxygen atoms in total. The highest BCUT2D eigenvalue weighted by Gasteiger charge is 2.17. The molecule has 9 heteroatoms. The lowest BCUT2D eigenvalue weighted by Gasteiger charge is -2.13. The number of benzene rings is 2. The summed E-state index contributed by atoms with van der Waals surface area (Å²) in [7, 11) is -4.31. The minimum Gasteiger partial charge on any atom is -0.457 e. The smallest absolute Gasteiger partial charge is 0.356 e. The SMILES string of the molecule is CC(C)Cc1cc(Oc2ccc(P(=O)(O)O)cc2)cc(C(=O)Nc2nccs2)c1. The first-order valence-electron chi connectivity index (χ1n) is 8.89. The highest BCUT2D eigenvalue weighted by molar-refractivity contribution is 7.60. The summed E-state index contributed by atoms with van der Waals surface area (Å²) in [6, 6.07) is 10.9. The van der Waals surface area contributed by atoms with Crippen LogP contribution in [-0.2, 0) is 11.0 Å². The minimum absolute atomic E-state index is 0.0816. The molecular weight excluding hydrogens is 411 g/mol. The van der Waals surface area contributed by atoms with Crippen molar-refractivity contribution in [2.75, 3.05) is 5.32 Å². The number of thiazole rings is 1. The van der Waals surface area contributed by atoms with Crippen molar-refractivity contribution in [2.45, 2.75) is 20.3 Å². The van der Waals surface area contributed by atoms with Gasteiger partial charge in [-0.1, -0.05) is 13.8 Å². The summed E-state index contributed by atoms with van der Waals surface area (Å²) in [5.41, 5.74) is 1.40. The lowest BCUT2D eigenvalue weighted by atomic mass is 10.0. The molecule has 0 aliphatic carbocycles. The van der Waals surface area contributed by atoms with E-state index in [4.69, 9.17) is 4.74 Å². The maximum Gasteiger partial charge on any atom is 0.356 e. The van der Waals surface area contributed by atoms with Crippen LogP contribution in [0.4, 0.5) is 5.13 Å². The lowest BCUT2D eigenvalue weighted by molar-refractivity contribution is 0.102. The van der Waals surface area contributed by atoms with Crippen molar-refractivity contribution in [3.8, 4) is 11.5 Å². The molecule has 1 heterocycles. The van der Waals surface area contributed by atoms with Crippen molar-refractivity contribution in [1.29, 1.82) is 0 Å². The number of rotatable bonds is 7. The van der Waals surface area contributed by atoms with E-state index in [1.807, 2.05) is 12.1 Å². The number of hydrogen-bond donors (Lipinski definition) is 3. The molecule has 0 saturated heterocycles. The van der Waals surface area contributed by atoms with Crippen LogP contribution >= 0.6 is 18.9 Å². The van der Waals surface area contributed by atoms with Crippen molar-refractivity contribution >= 4 is 35.3 Å². The molecule has 29 heavy (non-hydrogen) atoms. The van der Waals surface area contributed by atoms with E-state index in [2.05, 4.69) is 24.1 Å². The van der Waals surface area contributed by atoms with Gasteiger partial charge in [0.05, 0.1) is 5.30 Å². The summed E-state index contributed by atoms with van der Waals surface area (Å²) in [5.74, 6) is 0.987. The number of nitrogens with one attached hydrogen (secondary N) is 1. The second-order valence-electron chi connectivity index (χ2n) is 6.89. The van der Waals surface area contributed by atoms with Gasteiger partial charge < -0.3 is 14.5 Å². The number of anilines is 1. The Bertz CT molecular complexity index is 1030. The number of carbonyl (C=O) groups is 1. The molecule has 0 fully saturated rings. The molecule has 0 saturated carbocycles. The number of aromatic nitrogens is 1. The van der Waals surface area contributed by atoms with Gasteiger partial charge in [0.15, 0.2) is 5.13 Å². The number of nitrogens with zero attached hydrogens (tertiary/aromatic N) is 1. The van der Waals surface area contributed by atoms with Crippen LogP contribution in [-0.4, -0.2) is 20.7 Å². The van der Waals surface area contributed by atoms with Crippen molar-refractivity contribution in [3.63, 3.8) is 0 Å². The van der Waals surface area contributed by atoms with Crippen LogP contribution in [0.1, 0.15) is 29.8 Å². The Morgan fingerprint density at radius 1 is 1.17 bits per heavy atom. The monoisotopic (exact) mass is 432 g/mol. The normalized spacial score (nSPS) is 11.5. The van der Waals surface area contributed by atoms with E-state index in [1.165, 1.54) is 35.6 Å². The zero-order valence-corrected chi connectivity index (χ0v) is 17.6. The van der Waals surface area contributed by atoms with E-state index in [0.29, 0.717) is 28.1 Å². The molecule has 1 aromatic heterocycles. The number of hydrogen-bond acceptors (Lipinski definition) is 5. The van der Waals surface area contributed by atoms with E-state index in [1.54, 1.807) is 17.6 Å². The highest BCUT2D eigenvalue weighted by Crippen LogP contribution is 2.34. The molecule has 0 radical (unpaired) electrons. The van der Waals surface area contributed by atoms with E-state index in [0.717, 1.165) is 12.0 Å². The second kappa shape index (κ2) is 8.88. The fourth-order valence-electron chi connectivity index (χ4n) is 2.74. The molecule has 3 aromatic rings. The summed E-state index contributed by atoms with van der Waals surface area (Å²) in [6.07, 6.45) is 2.39. The van der Waals surface area contributed by atoms with Crippen LogP contribution in [0.2, 0.25) is 0 Å². The molecule has 3 rings (SSSR count). The molecule has 0 aliphatic heterocycles. The average Bonchev–Trinajstić information content (AvgIpc) is 3.13. The third-order valence-corrected chi connectivity index (χ3v) is 5.59. The van der Waals surface area contributed by atoms with Gasteiger partial charge in [0.2, 0.25) is 0 Å². The summed E-state index contributed by atoms with van der Waals surface area (Å²) in [6.45, 7) is 4.17. The summed E-state index contributed by atoms with van der Waals surface area (Å²) in [5, 5.41) is 4.97. The maximum absolute atomic E-state index is 12.6. The van der Waals surface area contributed by atoms with E-state index in [9.17, 15) is 19.1 Å². The van der Waals surface area contributed by atoms with Crippen LogP contribution in [0.15, 0.2) is 54.0 Å². The van der Waals surface area contributed by atoms with Gasteiger partial charge in [-0.05, 0) is 60.4 Å². The van der Waals surface area contributed by atoms with Gasteiger partial charge in [-0.3, -0.25) is 14.7 Å². The molecule has 0 spiro atoms. The zero-order chi connectivity index (χ0) is 21.0. The van der Waals surface area contributed by atoms with Crippen LogP contribution in [0.5, 0.6) is 11.5 Å². The third-order valence-electron chi connectivity index (χ3n) is 3.93. The van der Waals surface area contributed by atoms with Gasteiger partial charge in [-0.2, -0.15) is 0 Å². The van der Waals surface area contributed by atoms with Gasteiger partial charge in [-0.15, -0.1) is 11.3 Å². The number of amides is 1. The maximum atomic E-state index is 12.6. The summed E-state index contributed by atoms with van der Waals surface area (Å²) in [4.78, 5) is 35.1. The van der Waals surface area contributed by atoms with Crippen molar-refractivity contribution in [1.82, 2.24) is 4.98 Å². The van der Waals surface area contributed by atoms with E-state index < -0.39 is 7.60 Å². The van der Waals surface area contributed by atoms with Gasteiger partial charge in [-0.25, -0.2) is 4.98 Å². The first-order chi connectivity index (χ1) is 13.7. The van der Waals surface area contributed by atoms with Crippen LogP contribution in [0, 0.1) is 5.92 Å². The first kappa shape index (κ1) is 21.2. The zero-order valence-electron chi connectivity index (χ0n) is 15.9. The quantitative estimate of drug-likeness (QED) is 0.483. The number of ether oxygens (including phenoxy) is 1. The molecule has 2 aromatic carbocycles. The number of carbonyl (C=O) groups excluding carboxylic acids is 1. The lowest BCUT2D eigenvalue weighted by Crippen LogP contribution is -2.12. The van der Waals surface area contributed by atoms with Gasteiger partial charge in [0.1, 0.15) is 11.5 Å². The predicted octanol–water partition coefficient (Wildman–Crippen LogP) is 4.19. The molecule has 1 amide bonds. The van der Waals surface area contributed by atoms with Gasteiger partial charge >= 0.3 is 7.60 Å². The Balaban J connectivity index is 1.86. The standard InChI is InChI=1S/C20H21N2O5PS/c1-13(2)9-14-10-15(19(23)22-20-21-7-8-29-20)12-17(11-14)27-16-3-5-18(6-4-16)28(24,25)26/h3-8,10-13H,9H2,1-2H3,(H,21,22,23)(H2,24,25,26). The third kappa shape index (κ3) is 5.98. The summed E-state index contributed by atoms with van der Waals surface area (Å²) >= 11 is 1.33. The molecular formula is C20H21N2O5PS. The Hall–Kier alpha value is -2.51. The molecule has 3 N–H and O–H groups in total. The Morgan fingerprint density at radius 3 is 2.48 bits per heavy atom. The fourth-order valence-corrected chi connectivity index (χ4v) is 3.80. The Labute approximate surface area is 172 Å². The van der Waals surface area contributed by atoms with Crippen LogP contribution in [0.3, 0.4) is 0 Å². The molecule has 0 bridgehead atoms. The molecule has 0 aliphatic rings. The molecule has 0 atom stereocenters. The van der Waals surface area contributed by atoms with Gasteiger partial charge in [0, 0.05) is 17.1 Å². The predicted molar refractivity (Wildman–Crippen MR) is 113 cm³/mol. The van der Waals surface area contributed by atoms with Crippen molar-refractivity contribution in [3.05, 3.63) is 65.2 Å². The van der Waals surface area contributed by atoms with Crippen molar-refractivity contribution < 1.29 is 23.9 Å². The topological polar surface area (TPSA) is 109 Å². The van der Waals surface area contributed by atoms with E-state index >= 15 is 0 Å². The Kier molecular flexibility index (Phi) is 6.49. The Morgan fingerprint density at radius 2 is 1.90 bits per heavy atom. The first-order valence-corrected chi connectivity index (χ1v) is 11.4. The molecule has 152 valence electrons. The minimum atomic E-state index is -4.31. The average molecular weight is 432 g/mol. The fraction of sp³-hybridized carbons (Fsp3) is 0.200. The van der Waals surface area contributed by atoms with Crippen LogP contribution in [0.25, 0.3) is 0 Å².